The van der Waals surface area contributed by atoms with E-state index in [0.29, 0.717) is 37.1 Å². The molecule has 3 atom stereocenters. The number of hydrogen-bond acceptors (Lipinski definition) is 7. The molecule has 39 heavy (non-hydrogen) atoms. The third-order valence-corrected chi connectivity index (χ3v) is 8.46. The number of benzene rings is 2. The third kappa shape index (κ3) is 5.68. The van der Waals surface area contributed by atoms with Gasteiger partial charge in [-0.2, -0.15) is 0 Å². The van der Waals surface area contributed by atoms with Crippen molar-refractivity contribution >= 4 is 5.91 Å². The second-order valence-electron chi connectivity index (χ2n) is 10.9. The van der Waals surface area contributed by atoms with Crippen molar-refractivity contribution in [2.75, 3.05) is 47.3 Å². The Kier molecular flexibility index (Phi) is 8.52. The zero-order valence-corrected chi connectivity index (χ0v) is 23.7. The van der Waals surface area contributed by atoms with Crippen molar-refractivity contribution in [2.45, 2.75) is 63.8 Å². The van der Waals surface area contributed by atoms with Crippen LogP contribution in [0, 0.1) is 5.92 Å². The van der Waals surface area contributed by atoms with Crippen LogP contribution in [0.1, 0.15) is 63.0 Å². The fourth-order valence-corrected chi connectivity index (χ4v) is 6.42. The van der Waals surface area contributed by atoms with Gasteiger partial charge in [0.05, 0.1) is 27.4 Å². The lowest BCUT2D eigenvalue weighted by atomic mass is 9.93. The SMILES string of the molecule is CCCON(CCC)C(=O)CN1C[C@H](c2cc(OC)c3c(c2)OCO3)CC12CC2CCc1ccccc1OC. The maximum atomic E-state index is 13.5. The molecule has 2 aromatic carbocycles. The highest BCUT2D eigenvalue weighted by atomic mass is 16.7. The molecule has 0 N–H and O–H groups in total. The summed E-state index contributed by atoms with van der Waals surface area (Å²) in [6.45, 7) is 6.69. The van der Waals surface area contributed by atoms with Crippen LogP contribution < -0.4 is 18.9 Å². The summed E-state index contributed by atoms with van der Waals surface area (Å²) in [7, 11) is 3.39. The summed E-state index contributed by atoms with van der Waals surface area (Å²) in [5.41, 5.74) is 2.42. The molecule has 2 unspecified atom stereocenters. The number of fused-ring (bicyclic) bond motifs is 1. The first-order valence-electron chi connectivity index (χ1n) is 14.3. The van der Waals surface area contributed by atoms with Crippen LogP contribution >= 0.6 is 0 Å². The number of amides is 1. The maximum absolute atomic E-state index is 13.5. The molecular weight excluding hydrogens is 496 g/mol. The van der Waals surface area contributed by atoms with Gasteiger partial charge >= 0.3 is 0 Å². The number of rotatable bonds is 13. The number of nitrogens with zero attached hydrogens (tertiary/aromatic N) is 2. The predicted molar refractivity (Wildman–Crippen MR) is 148 cm³/mol. The molecule has 8 heteroatoms. The van der Waals surface area contributed by atoms with Crippen molar-refractivity contribution in [1.29, 1.82) is 0 Å². The summed E-state index contributed by atoms with van der Waals surface area (Å²) in [5.74, 6) is 3.89. The molecule has 1 aliphatic carbocycles. The monoisotopic (exact) mass is 538 g/mol. The molecule has 1 amide bonds. The summed E-state index contributed by atoms with van der Waals surface area (Å²) < 4.78 is 22.6. The largest absolute Gasteiger partial charge is 0.496 e. The number of para-hydroxylation sites is 1. The molecule has 2 aromatic rings. The number of aryl methyl sites for hydroxylation is 1. The molecule has 2 heterocycles. The van der Waals surface area contributed by atoms with Crippen LogP contribution in [0.15, 0.2) is 36.4 Å². The van der Waals surface area contributed by atoms with E-state index in [1.807, 2.05) is 12.1 Å². The van der Waals surface area contributed by atoms with Crippen molar-refractivity contribution in [3.63, 3.8) is 0 Å². The first kappa shape index (κ1) is 27.6. The van der Waals surface area contributed by atoms with Gasteiger partial charge in [-0.3, -0.25) is 14.5 Å². The Morgan fingerprint density at radius 1 is 1.08 bits per heavy atom. The van der Waals surface area contributed by atoms with Crippen molar-refractivity contribution in [1.82, 2.24) is 9.96 Å². The number of carbonyl (C=O) groups excluding carboxylic acids is 1. The van der Waals surface area contributed by atoms with Crippen LogP contribution in [0.3, 0.4) is 0 Å². The average molecular weight is 539 g/mol. The number of likely N-dealkylation sites (tertiary alicyclic amines) is 1. The Hall–Kier alpha value is -2.97. The molecule has 212 valence electrons. The molecule has 0 bridgehead atoms. The van der Waals surface area contributed by atoms with Gasteiger partial charge in [0.1, 0.15) is 5.75 Å². The first-order valence-corrected chi connectivity index (χ1v) is 14.3. The molecule has 2 fully saturated rings. The Bertz CT molecular complexity index is 1160. The zero-order valence-electron chi connectivity index (χ0n) is 23.7. The van der Waals surface area contributed by atoms with Gasteiger partial charge in [-0.15, -0.1) is 0 Å². The van der Waals surface area contributed by atoms with Crippen molar-refractivity contribution in [3.05, 3.63) is 47.5 Å². The first-order chi connectivity index (χ1) is 19.0. The predicted octanol–water partition coefficient (Wildman–Crippen LogP) is 5.19. The van der Waals surface area contributed by atoms with Crippen molar-refractivity contribution in [2.24, 2.45) is 5.92 Å². The van der Waals surface area contributed by atoms with Crippen LogP contribution in [0.25, 0.3) is 0 Å². The Morgan fingerprint density at radius 3 is 2.67 bits per heavy atom. The highest BCUT2D eigenvalue weighted by molar-refractivity contribution is 5.77. The number of carbonyl (C=O) groups is 1. The lowest BCUT2D eigenvalue weighted by Crippen LogP contribution is -2.44. The number of hydrogen-bond donors (Lipinski definition) is 0. The minimum atomic E-state index is 0.00852. The van der Waals surface area contributed by atoms with Crippen LogP contribution in [-0.4, -0.2) is 68.7 Å². The minimum absolute atomic E-state index is 0.00852. The molecule has 3 aliphatic rings. The lowest BCUT2D eigenvalue weighted by Gasteiger charge is -2.28. The summed E-state index contributed by atoms with van der Waals surface area (Å²) in [6.07, 6.45) is 5.86. The van der Waals surface area contributed by atoms with E-state index in [-0.39, 0.29) is 24.2 Å². The second kappa shape index (κ2) is 12.0. The molecule has 5 rings (SSSR count). The number of hydroxylamine groups is 2. The van der Waals surface area contributed by atoms with Crippen LogP contribution in [0.2, 0.25) is 0 Å². The van der Waals surface area contributed by atoms with E-state index >= 15 is 0 Å². The highest BCUT2D eigenvalue weighted by Crippen LogP contribution is 2.60. The van der Waals surface area contributed by atoms with Gasteiger partial charge in [0.15, 0.2) is 11.5 Å². The minimum Gasteiger partial charge on any atom is -0.496 e. The van der Waals surface area contributed by atoms with E-state index in [9.17, 15) is 4.79 Å². The Balaban J connectivity index is 1.36. The van der Waals surface area contributed by atoms with Gasteiger partial charge in [0.25, 0.3) is 5.91 Å². The van der Waals surface area contributed by atoms with E-state index in [2.05, 4.69) is 43.0 Å². The molecule has 0 radical (unpaired) electrons. The van der Waals surface area contributed by atoms with Gasteiger partial charge in [-0.25, -0.2) is 5.06 Å². The fraction of sp³-hybridized carbons (Fsp3) is 0.581. The summed E-state index contributed by atoms with van der Waals surface area (Å²) in [6, 6.07) is 12.4. The summed E-state index contributed by atoms with van der Waals surface area (Å²) >= 11 is 0. The summed E-state index contributed by atoms with van der Waals surface area (Å²) in [5, 5.41) is 1.58. The smallest absolute Gasteiger partial charge is 0.260 e. The standard InChI is InChI=1S/C31H42N2O6/c1-5-13-33(39-14-6-2)29(34)20-32-19-24(23-15-27(36-4)30-28(16-23)37-21-38-30)17-31(32)18-25(31)12-11-22-9-7-8-10-26(22)35-3/h7-10,15-16,24-25H,5-6,11-14,17-21H2,1-4H3/t24-,25?,31?/m1/s1. The highest BCUT2D eigenvalue weighted by Gasteiger charge is 2.62. The average Bonchev–Trinajstić information content (AvgIpc) is 3.25. The maximum Gasteiger partial charge on any atom is 0.260 e. The van der Waals surface area contributed by atoms with Gasteiger partial charge in [-0.1, -0.05) is 32.0 Å². The van der Waals surface area contributed by atoms with Crippen LogP contribution in [0.5, 0.6) is 23.0 Å². The quantitative estimate of drug-likeness (QED) is 0.325. The molecule has 2 aliphatic heterocycles. The van der Waals surface area contributed by atoms with Crippen molar-refractivity contribution < 1.29 is 28.6 Å². The molecule has 8 nitrogen and oxygen atoms in total. The Labute approximate surface area is 232 Å². The van der Waals surface area contributed by atoms with E-state index in [0.717, 1.165) is 56.6 Å². The molecule has 1 saturated heterocycles. The second-order valence-corrected chi connectivity index (χ2v) is 10.9. The zero-order chi connectivity index (χ0) is 27.4. The normalized spacial score (nSPS) is 23.3. The van der Waals surface area contributed by atoms with Gasteiger partial charge in [0, 0.05) is 18.6 Å². The van der Waals surface area contributed by atoms with E-state index in [1.165, 1.54) is 11.1 Å². The number of methoxy groups -OCH3 is 2. The number of ether oxygens (including phenoxy) is 4. The van der Waals surface area contributed by atoms with Crippen molar-refractivity contribution in [3.8, 4) is 23.0 Å². The van der Waals surface area contributed by atoms with E-state index < -0.39 is 0 Å². The van der Waals surface area contributed by atoms with Gasteiger partial charge < -0.3 is 18.9 Å². The van der Waals surface area contributed by atoms with E-state index in [1.54, 1.807) is 19.3 Å². The lowest BCUT2D eigenvalue weighted by molar-refractivity contribution is -0.188. The molecule has 1 saturated carbocycles. The molecule has 0 aromatic heterocycles. The van der Waals surface area contributed by atoms with Gasteiger partial charge in [0.2, 0.25) is 12.5 Å². The topological polar surface area (TPSA) is 69.7 Å². The van der Waals surface area contributed by atoms with Gasteiger partial charge in [-0.05, 0) is 79.7 Å². The van der Waals surface area contributed by atoms with Crippen LogP contribution in [-0.2, 0) is 16.1 Å². The Morgan fingerprint density at radius 2 is 1.90 bits per heavy atom. The summed E-state index contributed by atoms with van der Waals surface area (Å²) in [4.78, 5) is 21.7. The molecule has 1 spiro atoms. The third-order valence-electron chi connectivity index (χ3n) is 8.46. The van der Waals surface area contributed by atoms with E-state index in [4.69, 9.17) is 23.8 Å². The molecular formula is C31H42N2O6. The van der Waals surface area contributed by atoms with Crippen LogP contribution in [0.4, 0.5) is 0 Å². The fourth-order valence-electron chi connectivity index (χ4n) is 6.42.